The summed E-state index contributed by atoms with van der Waals surface area (Å²) >= 11 is 5.81. The van der Waals surface area contributed by atoms with Gasteiger partial charge in [-0.15, -0.1) is 0 Å². The molecule has 0 amide bonds. The molecule has 0 aliphatic carbocycles. The van der Waals surface area contributed by atoms with Crippen LogP contribution in [0.25, 0.3) is 0 Å². The molecule has 2 rings (SSSR count). The minimum atomic E-state index is -0.304. The van der Waals surface area contributed by atoms with Crippen molar-refractivity contribution in [3.8, 4) is 0 Å². The highest BCUT2D eigenvalue weighted by atomic mass is 35.5. The van der Waals surface area contributed by atoms with E-state index < -0.39 is 0 Å². The van der Waals surface area contributed by atoms with Gasteiger partial charge in [-0.05, 0) is 7.05 Å². The predicted octanol–water partition coefficient (Wildman–Crippen LogP) is 0.185. The number of rotatable bonds is 1. The molecular weight excluding hydrogens is 228 g/mol. The van der Waals surface area contributed by atoms with Crippen LogP contribution in [0.3, 0.4) is 0 Å². The highest BCUT2D eigenvalue weighted by Crippen LogP contribution is 2.16. The Hall–Kier alpha value is -1.07. The normalized spacial score (nSPS) is 17.8. The van der Waals surface area contributed by atoms with E-state index in [9.17, 15) is 4.79 Å². The average molecular weight is 243 g/mol. The minimum Gasteiger partial charge on any atom is -0.355 e. The number of hydrogen-bond donors (Lipinski definition) is 0. The Morgan fingerprint density at radius 2 is 1.88 bits per heavy atom. The van der Waals surface area contributed by atoms with E-state index in [1.807, 2.05) is 0 Å². The van der Waals surface area contributed by atoms with Gasteiger partial charge >= 0.3 is 5.69 Å². The highest BCUT2D eigenvalue weighted by molar-refractivity contribution is 6.29. The fraction of sp³-hybridized carbons (Fsp3) is 0.600. The molecule has 0 N–H and O–H groups in total. The summed E-state index contributed by atoms with van der Waals surface area (Å²) in [5, 5.41) is 0.261. The lowest BCUT2D eigenvalue weighted by atomic mass is 10.3. The number of likely N-dealkylation sites (N-methyl/N-ethyl adjacent to an activating group) is 1. The third kappa shape index (κ3) is 2.20. The Bertz CT molecular complexity index is 437. The van der Waals surface area contributed by atoms with Crippen molar-refractivity contribution in [3.05, 3.63) is 21.7 Å². The molecule has 6 heteroatoms. The first-order valence-corrected chi connectivity index (χ1v) is 5.63. The smallest absolute Gasteiger partial charge is 0.350 e. The molecule has 0 bridgehead atoms. The number of halogens is 1. The quantitative estimate of drug-likeness (QED) is 0.660. The van der Waals surface area contributed by atoms with Crippen LogP contribution < -0.4 is 10.6 Å². The lowest BCUT2D eigenvalue weighted by Crippen LogP contribution is -2.46. The van der Waals surface area contributed by atoms with E-state index in [-0.39, 0.29) is 10.8 Å². The van der Waals surface area contributed by atoms with E-state index in [4.69, 9.17) is 11.6 Å². The van der Waals surface area contributed by atoms with Gasteiger partial charge in [0.1, 0.15) is 11.0 Å². The molecule has 0 spiro atoms. The van der Waals surface area contributed by atoms with Crippen LogP contribution in [0.15, 0.2) is 10.9 Å². The van der Waals surface area contributed by atoms with E-state index in [1.165, 1.54) is 4.57 Å². The molecular formula is C10H15ClN4O. The molecule has 1 aliphatic rings. The van der Waals surface area contributed by atoms with Crippen molar-refractivity contribution in [2.24, 2.45) is 7.05 Å². The maximum absolute atomic E-state index is 11.5. The van der Waals surface area contributed by atoms with Crippen LogP contribution in [0, 0.1) is 0 Å². The maximum Gasteiger partial charge on any atom is 0.350 e. The first-order valence-electron chi connectivity index (χ1n) is 5.25. The van der Waals surface area contributed by atoms with Gasteiger partial charge in [0, 0.05) is 39.3 Å². The molecule has 0 atom stereocenters. The van der Waals surface area contributed by atoms with Gasteiger partial charge in [-0.25, -0.2) is 4.79 Å². The van der Waals surface area contributed by atoms with Crippen molar-refractivity contribution in [1.82, 2.24) is 14.5 Å². The van der Waals surface area contributed by atoms with Crippen molar-refractivity contribution in [3.63, 3.8) is 0 Å². The first-order chi connectivity index (χ1) is 7.58. The summed E-state index contributed by atoms with van der Waals surface area (Å²) in [7, 11) is 3.81. The van der Waals surface area contributed by atoms with E-state index in [0.29, 0.717) is 0 Å². The van der Waals surface area contributed by atoms with Crippen molar-refractivity contribution in [1.29, 1.82) is 0 Å². The highest BCUT2D eigenvalue weighted by Gasteiger charge is 2.17. The average Bonchev–Trinajstić information content (AvgIpc) is 2.25. The summed E-state index contributed by atoms with van der Waals surface area (Å²) in [6, 6.07) is 1.74. The Morgan fingerprint density at radius 3 is 2.50 bits per heavy atom. The topological polar surface area (TPSA) is 41.4 Å². The molecule has 1 aromatic rings. The number of aromatic nitrogens is 2. The molecule has 16 heavy (non-hydrogen) atoms. The molecule has 0 saturated carbocycles. The standard InChI is InChI=1S/C10H15ClN4O/c1-13-3-5-15(6-4-13)9-7-8(11)12-10(16)14(9)2/h7H,3-6H2,1-2H3. The van der Waals surface area contributed by atoms with Crippen LogP contribution in [0.1, 0.15) is 0 Å². The third-order valence-electron chi connectivity index (χ3n) is 2.91. The monoisotopic (exact) mass is 242 g/mol. The van der Waals surface area contributed by atoms with Crippen molar-refractivity contribution in [2.75, 3.05) is 38.1 Å². The molecule has 1 aromatic heterocycles. The number of hydrogen-bond acceptors (Lipinski definition) is 4. The van der Waals surface area contributed by atoms with Gasteiger partial charge in [0.05, 0.1) is 0 Å². The molecule has 88 valence electrons. The van der Waals surface area contributed by atoms with E-state index >= 15 is 0 Å². The van der Waals surface area contributed by atoms with Gasteiger partial charge < -0.3 is 9.80 Å². The number of piperazine rings is 1. The van der Waals surface area contributed by atoms with Crippen LogP contribution in [-0.2, 0) is 7.05 Å². The van der Waals surface area contributed by atoms with Crippen LogP contribution >= 0.6 is 11.6 Å². The summed E-state index contributed by atoms with van der Waals surface area (Å²) in [5.74, 6) is 0.845. The van der Waals surface area contributed by atoms with Gasteiger partial charge in [-0.2, -0.15) is 4.98 Å². The van der Waals surface area contributed by atoms with Gasteiger partial charge in [-0.1, -0.05) is 11.6 Å². The lowest BCUT2D eigenvalue weighted by molar-refractivity contribution is 0.311. The van der Waals surface area contributed by atoms with Crippen LogP contribution in [0.4, 0.5) is 5.82 Å². The second-order valence-electron chi connectivity index (χ2n) is 4.07. The lowest BCUT2D eigenvalue weighted by Gasteiger charge is -2.34. The van der Waals surface area contributed by atoms with Gasteiger partial charge in [0.25, 0.3) is 0 Å². The van der Waals surface area contributed by atoms with E-state index in [0.717, 1.165) is 32.0 Å². The fourth-order valence-electron chi connectivity index (χ4n) is 1.84. The summed E-state index contributed by atoms with van der Waals surface area (Å²) in [4.78, 5) is 19.6. The Labute approximate surface area is 99.2 Å². The number of nitrogens with zero attached hydrogens (tertiary/aromatic N) is 4. The zero-order chi connectivity index (χ0) is 11.7. The van der Waals surface area contributed by atoms with Crippen molar-refractivity contribution < 1.29 is 0 Å². The van der Waals surface area contributed by atoms with Crippen LogP contribution in [0.5, 0.6) is 0 Å². The zero-order valence-corrected chi connectivity index (χ0v) is 10.2. The molecule has 5 nitrogen and oxygen atoms in total. The zero-order valence-electron chi connectivity index (χ0n) is 9.48. The molecule has 2 heterocycles. The van der Waals surface area contributed by atoms with Gasteiger partial charge in [0.2, 0.25) is 0 Å². The second-order valence-corrected chi connectivity index (χ2v) is 4.46. The molecule has 1 fully saturated rings. The van der Waals surface area contributed by atoms with Gasteiger partial charge in [0.15, 0.2) is 0 Å². The molecule has 0 radical (unpaired) electrons. The summed E-state index contributed by atoms with van der Waals surface area (Å²) < 4.78 is 1.54. The molecule has 1 saturated heterocycles. The Kier molecular flexibility index (Phi) is 3.16. The SMILES string of the molecule is CN1CCN(c2cc(Cl)nc(=O)n2C)CC1. The number of anilines is 1. The maximum atomic E-state index is 11.5. The van der Waals surface area contributed by atoms with Crippen LogP contribution in [0.2, 0.25) is 5.15 Å². The summed E-state index contributed by atoms with van der Waals surface area (Å²) in [5.41, 5.74) is -0.304. The molecule has 1 aliphatic heterocycles. The fourth-order valence-corrected chi connectivity index (χ4v) is 2.01. The van der Waals surface area contributed by atoms with Crippen molar-refractivity contribution >= 4 is 17.4 Å². The summed E-state index contributed by atoms with van der Waals surface area (Å²) in [6.07, 6.45) is 0. The molecule has 0 aromatic carbocycles. The first kappa shape index (κ1) is 11.4. The summed E-state index contributed by atoms with van der Waals surface area (Å²) in [6.45, 7) is 3.80. The largest absolute Gasteiger partial charge is 0.355 e. The second kappa shape index (κ2) is 4.43. The minimum absolute atomic E-state index is 0.261. The molecule has 0 unspecified atom stereocenters. The van der Waals surface area contributed by atoms with Gasteiger partial charge in [-0.3, -0.25) is 4.57 Å². The van der Waals surface area contributed by atoms with Crippen LogP contribution in [-0.4, -0.2) is 47.7 Å². The van der Waals surface area contributed by atoms with Crippen molar-refractivity contribution in [2.45, 2.75) is 0 Å². The Balaban J connectivity index is 2.30. The third-order valence-corrected chi connectivity index (χ3v) is 3.10. The Morgan fingerprint density at radius 1 is 1.25 bits per heavy atom. The van der Waals surface area contributed by atoms with E-state index in [1.54, 1.807) is 13.1 Å². The van der Waals surface area contributed by atoms with E-state index in [2.05, 4.69) is 21.8 Å². The predicted molar refractivity (Wildman–Crippen MR) is 64.2 cm³/mol.